The van der Waals surface area contributed by atoms with Crippen LogP contribution in [0.25, 0.3) is 0 Å². The van der Waals surface area contributed by atoms with Gasteiger partial charge in [0, 0.05) is 88.4 Å². The molecule has 25 heteroatoms. The van der Waals surface area contributed by atoms with E-state index in [2.05, 4.69) is 31.9 Å². The number of halogens is 9. The normalized spacial score (nSPS) is 18.5. The predicted octanol–water partition coefficient (Wildman–Crippen LogP) is 3.66. The third kappa shape index (κ3) is 19.4. The molecule has 16 nitrogen and oxygen atoms in total. The van der Waals surface area contributed by atoms with Crippen molar-refractivity contribution in [2.45, 2.75) is 115 Å². The number of carbonyl (C=O) groups is 6. The van der Waals surface area contributed by atoms with Crippen molar-refractivity contribution in [2.24, 2.45) is 5.73 Å². The van der Waals surface area contributed by atoms with Gasteiger partial charge in [-0.05, 0) is 87.5 Å². The van der Waals surface area contributed by atoms with Gasteiger partial charge in [-0.2, -0.15) is 0 Å². The van der Waals surface area contributed by atoms with E-state index in [1.54, 1.807) is 14.0 Å². The van der Waals surface area contributed by atoms with Crippen LogP contribution in [0.15, 0.2) is 36.4 Å². The largest absolute Gasteiger partial charge is 0.481 e. The zero-order valence-corrected chi connectivity index (χ0v) is 42.3. The molecule has 0 spiro atoms. The Bertz CT molecular complexity index is 2440. The molecule has 3 fully saturated rings. The molecule has 6 atom stereocenters. The molecule has 3 aromatic carbocycles. The van der Waals surface area contributed by atoms with Crippen molar-refractivity contribution >= 4 is 35.5 Å². The first-order valence-electron chi connectivity index (χ1n) is 24.4. The Hall–Kier alpha value is -6.31. The van der Waals surface area contributed by atoms with Crippen LogP contribution in [0.2, 0.25) is 0 Å². The number of benzene rings is 3. The molecule has 416 valence electrons. The van der Waals surface area contributed by atoms with Crippen molar-refractivity contribution < 1.29 is 73.4 Å². The van der Waals surface area contributed by atoms with Crippen molar-refractivity contribution in [1.29, 1.82) is 0 Å². The number of likely N-dealkylation sites (N-methyl/N-ethyl adjacent to an activating group) is 2. The van der Waals surface area contributed by atoms with Gasteiger partial charge in [-0.25, -0.2) is 39.5 Å². The number of nitrogens with two attached hydrogens (primary N) is 1. The monoisotopic (exact) mass is 1080 g/mol. The molecule has 75 heavy (non-hydrogen) atoms. The van der Waals surface area contributed by atoms with Crippen LogP contribution in [0.5, 0.6) is 0 Å². The van der Waals surface area contributed by atoms with E-state index in [1.165, 1.54) is 16.8 Å². The van der Waals surface area contributed by atoms with E-state index in [0.29, 0.717) is 57.2 Å². The molecule has 3 heterocycles. The van der Waals surface area contributed by atoms with E-state index in [4.69, 9.17) is 10.8 Å². The number of aliphatic carboxylic acids is 1. The maximum absolute atomic E-state index is 13.8. The Balaban J connectivity index is 0.000000277. The SMILES string of the molecule is CC[C@@H]1C(=O)NCCN1C(=O)C[C@@H](Cc1cc(F)c(F)cc1F)NC.CC[C@@H]1C(=O)NCCN1C(=O)C[C@H](N)Cc1cc(F)c(F)cc1F.CC[C@H]1NCCNC1=O.CN[C@@H](CC(=O)O)Cc1cc(F)c(F)cc1F. The number of carbonyl (C=O) groups excluding carboxylic acids is 5. The Morgan fingerprint density at radius 2 is 0.920 bits per heavy atom. The summed E-state index contributed by atoms with van der Waals surface area (Å²) in [4.78, 5) is 72.9. The Labute approximate surface area is 429 Å². The smallest absolute Gasteiger partial charge is 0.304 e. The van der Waals surface area contributed by atoms with E-state index in [0.717, 1.165) is 37.7 Å². The molecule has 9 N–H and O–H groups in total. The van der Waals surface area contributed by atoms with E-state index in [1.807, 2.05) is 13.8 Å². The summed E-state index contributed by atoms with van der Waals surface area (Å²) in [7, 11) is 3.13. The topological polar surface area (TPSA) is 227 Å². The molecule has 3 aromatic rings. The summed E-state index contributed by atoms with van der Waals surface area (Å²) in [6, 6.07) is 0.954. The fourth-order valence-corrected chi connectivity index (χ4v) is 8.29. The number of piperazine rings is 3. The van der Waals surface area contributed by atoms with Crippen LogP contribution in [0.4, 0.5) is 39.5 Å². The Morgan fingerprint density at radius 3 is 1.28 bits per heavy atom. The minimum atomic E-state index is -1.27. The van der Waals surface area contributed by atoms with E-state index in [-0.39, 0.29) is 90.8 Å². The fourth-order valence-electron chi connectivity index (χ4n) is 8.29. The lowest BCUT2D eigenvalue weighted by atomic mass is 10.0. The van der Waals surface area contributed by atoms with E-state index < -0.39 is 88.5 Å². The summed E-state index contributed by atoms with van der Waals surface area (Å²) in [6.45, 7) is 8.86. The third-order valence-corrected chi connectivity index (χ3v) is 12.4. The standard InChI is InChI=1S/C17H22F3N3O2.C16H20F3N3O2.C11H12F3NO2.C6H12N2O/c1-3-15-17(25)22-4-5-23(15)16(24)8-11(21-2)6-10-7-13(19)14(20)9-12(10)18;1-2-14-16(24)21-3-4-22(14)15(23)7-10(20)5-9-6-12(18)13(19)8-11(9)17;1-15-7(4-11(16)17)2-6-3-9(13)10(14)5-8(6)12;1-2-5-6(9)8-4-3-7-5/h7,9,11,15,21H,3-6,8H2,1-2H3,(H,22,25);6,8,10,14H,2-5,7,20H2,1H3,(H,21,24);3,5,7,15H,2,4H2,1H3,(H,16,17);5,7H,2-4H2,1H3,(H,8,9)/t11-,15-;10-,14-;7-;5-/m1111/s1. The second kappa shape index (κ2) is 30.9. The summed E-state index contributed by atoms with van der Waals surface area (Å²) < 4.78 is 119. The molecule has 5 amide bonds. The molecule has 0 aromatic heterocycles. The number of rotatable bonds is 17. The zero-order chi connectivity index (χ0) is 56.1. The lowest BCUT2D eigenvalue weighted by molar-refractivity contribution is -0.143. The summed E-state index contributed by atoms with van der Waals surface area (Å²) in [5.41, 5.74) is 5.72. The second-order valence-corrected chi connectivity index (χ2v) is 17.7. The van der Waals surface area contributed by atoms with Crippen molar-refractivity contribution in [3.05, 3.63) is 105 Å². The van der Waals surface area contributed by atoms with Gasteiger partial charge in [0.15, 0.2) is 34.9 Å². The molecular weight excluding hydrogens is 1010 g/mol. The van der Waals surface area contributed by atoms with Crippen molar-refractivity contribution in [3.63, 3.8) is 0 Å². The second-order valence-electron chi connectivity index (χ2n) is 17.7. The van der Waals surface area contributed by atoms with E-state index >= 15 is 0 Å². The average Bonchev–Trinajstić information content (AvgIpc) is 3.36. The molecule has 3 saturated heterocycles. The number of carboxylic acids is 1. The first-order valence-corrected chi connectivity index (χ1v) is 24.4. The van der Waals surface area contributed by atoms with Crippen LogP contribution >= 0.6 is 0 Å². The minimum Gasteiger partial charge on any atom is -0.481 e. The van der Waals surface area contributed by atoms with Crippen LogP contribution in [0, 0.1) is 52.4 Å². The number of carboxylic acid groups (broad SMARTS) is 1. The highest BCUT2D eigenvalue weighted by Crippen LogP contribution is 2.21. The van der Waals surface area contributed by atoms with Crippen molar-refractivity contribution in [1.82, 2.24) is 41.7 Å². The highest BCUT2D eigenvalue weighted by molar-refractivity contribution is 5.89. The average molecular weight is 1080 g/mol. The van der Waals surface area contributed by atoms with Gasteiger partial charge in [-0.15, -0.1) is 0 Å². The van der Waals surface area contributed by atoms with Gasteiger partial charge in [0.05, 0.1) is 12.5 Å². The van der Waals surface area contributed by atoms with Crippen LogP contribution in [-0.4, -0.2) is 140 Å². The summed E-state index contributed by atoms with van der Waals surface area (Å²) in [5.74, 6) is -11.7. The first-order chi connectivity index (χ1) is 35.5. The van der Waals surface area contributed by atoms with Gasteiger partial charge in [-0.1, -0.05) is 20.8 Å². The van der Waals surface area contributed by atoms with Gasteiger partial charge in [0.1, 0.15) is 29.5 Å². The minimum absolute atomic E-state index is 0.00511. The van der Waals surface area contributed by atoms with Crippen molar-refractivity contribution in [2.75, 3.05) is 53.4 Å². The van der Waals surface area contributed by atoms with Gasteiger partial charge >= 0.3 is 5.97 Å². The first kappa shape index (κ1) is 63.0. The van der Waals surface area contributed by atoms with Crippen LogP contribution < -0.4 is 37.6 Å². The Kier molecular flexibility index (Phi) is 26.0. The maximum atomic E-state index is 13.8. The zero-order valence-electron chi connectivity index (χ0n) is 42.3. The van der Waals surface area contributed by atoms with Crippen LogP contribution in [0.1, 0.15) is 76.0 Å². The third-order valence-electron chi connectivity index (χ3n) is 12.4. The molecule has 0 bridgehead atoms. The molecule has 0 aliphatic carbocycles. The van der Waals surface area contributed by atoms with Gasteiger partial charge in [0.2, 0.25) is 29.5 Å². The highest BCUT2D eigenvalue weighted by atomic mass is 19.2. The number of nitrogens with one attached hydrogen (secondary N) is 6. The number of hydrogen-bond acceptors (Lipinski definition) is 10. The fraction of sp³-hybridized carbons (Fsp3) is 0.520. The molecule has 0 radical (unpaired) electrons. The lowest BCUT2D eigenvalue weighted by Crippen LogP contribution is -2.57. The van der Waals surface area contributed by atoms with Gasteiger partial charge in [0.25, 0.3) is 0 Å². The molecule has 6 rings (SSSR count). The molecule has 0 unspecified atom stereocenters. The van der Waals surface area contributed by atoms with Gasteiger partial charge in [-0.3, -0.25) is 28.8 Å². The number of hydrogen-bond donors (Lipinski definition) is 8. The highest BCUT2D eigenvalue weighted by Gasteiger charge is 2.34. The molecule has 3 aliphatic rings. The molecule has 0 saturated carbocycles. The van der Waals surface area contributed by atoms with Crippen LogP contribution in [-0.2, 0) is 48.0 Å². The summed E-state index contributed by atoms with van der Waals surface area (Å²) in [5, 5.41) is 25.5. The predicted molar refractivity (Wildman–Crippen MR) is 258 cm³/mol. The maximum Gasteiger partial charge on any atom is 0.304 e. The molecular formula is C50H66F9N9O7. The van der Waals surface area contributed by atoms with E-state index in [9.17, 15) is 68.3 Å². The quantitative estimate of drug-likeness (QED) is 0.0720. The molecule has 3 aliphatic heterocycles. The number of amides is 5. The number of nitrogens with zero attached hydrogens (tertiary/aromatic N) is 2. The summed E-state index contributed by atoms with van der Waals surface area (Å²) in [6.07, 6.45) is 1.45. The van der Waals surface area contributed by atoms with Crippen molar-refractivity contribution in [3.8, 4) is 0 Å². The summed E-state index contributed by atoms with van der Waals surface area (Å²) >= 11 is 0. The van der Waals surface area contributed by atoms with Gasteiger partial charge < -0.3 is 52.5 Å². The van der Waals surface area contributed by atoms with Crippen LogP contribution in [0.3, 0.4) is 0 Å². The lowest BCUT2D eigenvalue weighted by Gasteiger charge is -2.35. The Morgan fingerprint density at radius 1 is 0.547 bits per heavy atom.